The highest BCUT2D eigenvalue weighted by molar-refractivity contribution is 6.31. The van der Waals surface area contributed by atoms with Crippen LogP contribution in [0.5, 0.6) is 0 Å². The molecule has 1 unspecified atom stereocenters. The monoisotopic (exact) mass is 241 g/mol. The maximum Gasteiger partial charge on any atom is 0.0587 e. The van der Waals surface area contributed by atoms with Crippen molar-refractivity contribution in [1.82, 2.24) is 5.32 Å². The molecule has 2 nitrogen and oxygen atoms in total. The number of hydrogen-bond acceptors (Lipinski definition) is 2. The van der Waals surface area contributed by atoms with Gasteiger partial charge in [0.25, 0.3) is 0 Å². The molecule has 0 aliphatic heterocycles. The van der Waals surface area contributed by atoms with Crippen molar-refractivity contribution in [1.29, 1.82) is 0 Å². The largest absolute Gasteiger partial charge is 0.395 e. The Labute approximate surface area is 103 Å². The number of halogens is 1. The van der Waals surface area contributed by atoms with Gasteiger partial charge in [-0.05, 0) is 24.5 Å². The molecule has 0 saturated carbocycles. The predicted octanol–water partition coefficient (Wildman–Crippen LogP) is 3.01. The zero-order valence-electron chi connectivity index (χ0n) is 10.1. The van der Waals surface area contributed by atoms with Gasteiger partial charge in [-0.3, -0.25) is 0 Å². The molecular weight excluding hydrogens is 222 g/mol. The van der Waals surface area contributed by atoms with Gasteiger partial charge in [-0.2, -0.15) is 0 Å². The first-order chi connectivity index (χ1) is 7.56. The summed E-state index contributed by atoms with van der Waals surface area (Å²) >= 11 is 6.12. The van der Waals surface area contributed by atoms with Crippen LogP contribution in [0.3, 0.4) is 0 Å². The second kappa shape index (κ2) is 6.24. The molecule has 1 rings (SSSR count). The summed E-state index contributed by atoms with van der Waals surface area (Å²) < 4.78 is 0. The Hall–Kier alpha value is -0.570. The molecule has 2 atom stereocenters. The fourth-order valence-corrected chi connectivity index (χ4v) is 1.99. The van der Waals surface area contributed by atoms with E-state index in [4.69, 9.17) is 11.6 Å². The van der Waals surface area contributed by atoms with Gasteiger partial charge in [-0.1, -0.05) is 43.6 Å². The van der Waals surface area contributed by atoms with Crippen LogP contribution < -0.4 is 5.32 Å². The van der Waals surface area contributed by atoms with Gasteiger partial charge in [0.15, 0.2) is 0 Å². The van der Waals surface area contributed by atoms with Gasteiger partial charge >= 0.3 is 0 Å². The quantitative estimate of drug-likeness (QED) is 0.831. The summed E-state index contributed by atoms with van der Waals surface area (Å²) in [5, 5.41) is 13.4. The molecule has 90 valence electrons. The van der Waals surface area contributed by atoms with Crippen molar-refractivity contribution in [2.75, 3.05) is 6.61 Å². The number of hydrogen-bond donors (Lipinski definition) is 2. The fourth-order valence-electron chi connectivity index (χ4n) is 1.69. The van der Waals surface area contributed by atoms with Gasteiger partial charge in [0.2, 0.25) is 0 Å². The van der Waals surface area contributed by atoms with Gasteiger partial charge < -0.3 is 10.4 Å². The molecule has 0 bridgehead atoms. The van der Waals surface area contributed by atoms with Crippen molar-refractivity contribution in [3.8, 4) is 0 Å². The SMILES string of the molecule is CC(N[C@H](CO)C(C)C)c1ccccc1Cl. The Morgan fingerprint density at radius 3 is 2.38 bits per heavy atom. The molecule has 0 aliphatic rings. The molecule has 0 heterocycles. The molecule has 0 aliphatic carbocycles. The molecule has 2 N–H and O–H groups in total. The molecular formula is C13H20ClNO. The topological polar surface area (TPSA) is 32.3 Å². The number of aliphatic hydroxyl groups is 1. The zero-order valence-corrected chi connectivity index (χ0v) is 10.8. The van der Waals surface area contributed by atoms with E-state index >= 15 is 0 Å². The lowest BCUT2D eigenvalue weighted by atomic mass is 10.0. The molecule has 0 fully saturated rings. The molecule has 0 amide bonds. The van der Waals surface area contributed by atoms with Crippen molar-refractivity contribution in [3.63, 3.8) is 0 Å². The summed E-state index contributed by atoms with van der Waals surface area (Å²) in [6, 6.07) is 8.04. The van der Waals surface area contributed by atoms with Crippen LogP contribution in [-0.4, -0.2) is 17.8 Å². The molecule has 0 spiro atoms. The fraction of sp³-hybridized carbons (Fsp3) is 0.538. The minimum Gasteiger partial charge on any atom is -0.395 e. The van der Waals surface area contributed by atoms with E-state index in [0.717, 1.165) is 10.6 Å². The highest BCUT2D eigenvalue weighted by Crippen LogP contribution is 2.23. The Morgan fingerprint density at radius 1 is 1.25 bits per heavy atom. The van der Waals surface area contributed by atoms with E-state index in [1.807, 2.05) is 24.3 Å². The lowest BCUT2D eigenvalue weighted by Crippen LogP contribution is -2.38. The molecule has 3 heteroatoms. The van der Waals surface area contributed by atoms with Crippen LogP contribution in [0.4, 0.5) is 0 Å². The normalized spacial score (nSPS) is 15.1. The minimum absolute atomic E-state index is 0.103. The summed E-state index contributed by atoms with van der Waals surface area (Å²) in [7, 11) is 0. The Kier molecular flexibility index (Phi) is 5.26. The minimum atomic E-state index is 0.103. The van der Waals surface area contributed by atoms with Crippen LogP contribution in [0.25, 0.3) is 0 Å². The predicted molar refractivity (Wildman–Crippen MR) is 68.7 cm³/mol. The van der Waals surface area contributed by atoms with E-state index in [-0.39, 0.29) is 18.7 Å². The maximum absolute atomic E-state index is 9.27. The van der Waals surface area contributed by atoms with Gasteiger partial charge in [0.05, 0.1) is 6.61 Å². The van der Waals surface area contributed by atoms with E-state index < -0.39 is 0 Å². The summed E-state index contributed by atoms with van der Waals surface area (Å²) in [6.45, 7) is 6.39. The first-order valence-corrected chi connectivity index (χ1v) is 6.05. The first kappa shape index (κ1) is 13.5. The standard InChI is InChI=1S/C13H20ClNO/c1-9(2)13(8-16)15-10(3)11-6-4-5-7-12(11)14/h4-7,9-10,13,15-16H,8H2,1-3H3/t10?,13-/m1/s1. The van der Waals surface area contributed by atoms with Crippen molar-refractivity contribution in [2.45, 2.75) is 32.9 Å². The Morgan fingerprint density at radius 2 is 1.88 bits per heavy atom. The lowest BCUT2D eigenvalue weighted by molar-refractivity contribution is 0.201. The number of nitrogens with one attached hydrogen (secondary N) is 1. The van der Waals surface area contributed by atoms with Crippen molar-refractivity contribution < 1.29 is 5.11 Å². The second-order valence-electron chi connectivity index (χ2n) is 4.44. The third kappa shape index (κ3) is 3.48. The van der Waals surface area contributed by atoms with Crippen LogP contribution in [0.2, 0.25) is 5.02 Å². The number of aliphatic hydroxyl groups excluding tert-OH is 1. The Bertz CT molecular complexity index is 327. The second-order valence-corrected chi connectivity index (χ2v) is 4.85. The number of benzene rings is 1. The van der Waals surface area contributed by atoms with E-state index in [1.165, 1.54) is 0 Å². The third-order valence-electron chi connectivity index (χ3n) is 2.84. The summed E-state index contributed by atoms with van der Waals surface area (Å²) in [5.41, 5.74) is 1.07. The molecule has 16 heavy (non-hydrogen) atoms. The molecule has 0 saturated heterocycles. The van der Waals surface area contributed by atoms with E-state index in [1.54, 1.807) is 0 Å². The van der Waals surface area contributed by atoms with Crippen LogP contribution in [0.15, 0.2) is 24.3 Å². The summed E-state index contributed by atoms with van der Waals surface area (Å²) in [6.07, 6.45) is 0. The van der Waals surface area contributed by atoms with Crippen molar-refractivity contribution in [2.24, 2.45) is 5.92 Å². The van der Waals surface area contributed by atoms with Crippen molar-refractivity contribution in [3.05, 3.63) is 34.9 Å². The third-order valence-corrected chi connectivity index (χ3v) is 3.18. The molecule has 0 aromatic heterocycles. The zero-order chi connectivity index (χ0) is 12.1. The summed E-state index contributed by atoms with van der Waals surface area (Å²) in [5.74, 6) is 0.398. The van der Waals surface area contributed by atoms with Gasteiger partial charge in [-0.15, -0.1) is 0 Å². The highest BCUT2D eigenvalue weighted by Gasteiger charge is 2.16. The Balaban J connectivity index is 2.72. The molecule has 1 aromatic rings. The first-order valence-electron chi connectivity index (χ1n) is 5.67. The van der Waals surface area contributed by atoms with E-state index in [2.05, 4.69) is 26.1 Å². The van der Waals surface area contributed by atoms with Gasteiger partial charge in [-0.25, -0.2) is 0 Å². The number of rotatable bonds is 5. The maximum atomic E-state index is 9.27. The lowest BCUT2D eigenvalue weighted by Gasteiger charge is -2.25. The van der Waals surface area contributed by atoms with Crippen LogP contribution >= 0.6 is 11.6 Å². The van der Waals surface area contributed by atoms with Gasteiger partial charge in [0.1, 0.15) is 0 Å². The molecule has 1 aromatic carbocycles. The van der Waals surface area contributed by atoms with Crippen LogP contribution in [-0.2, 0) is 0 Å². The highest BCUT2D eigenvalue weighted by atomic mass is 35.5. The van der Waals surface area contributed by atoms with Crippen LogP contribution in [0, 0.1) is 5.92 Å². The average molecular weight is 242 g/mol. The van der Waals surface area contributed by atoms with E-state index in [9.17, 15) is 5.11 Å². The van der Waals surface area contributed by atoms with Crippen LogP contribution in [0.1, 0.15) is 32.4 Å². The van der Waals surface area contributed by atoms with Gasteiger partial charge in [0, 0.05) is 17.1 Å². The average Bonchev–Trinajstić information content (AvgIpc) is 2.25. The smallest absolute Gasteiger partial charge is 0.0587 e. The van der Waals surface area contributed by atoms with E-state index in [0.29, 0.717) is 5.92 Å². The molecule has 0 radical (unpaired) electrons. The van der Waals surface area contributed by atoms with Crippen molar-refractivity contribution >= 4 is 11.6 Å². The summed E-state index contributed by atoms with van der Waals surface area (Å²) in [4.78, 5) is 0.